The zero-order chi connectivity index (χ0) is 8.43. The molecule has 0 aliphatic carbocycles. The Morgan fingerprint density at radius 2 is 2.09 bits per heavy atom. The molecule has 0 unspecified atom stereocenters. The molecular formula is C8H8NO2. The topological polar surface area (TPSA) is 63.0 Å². The number of carbonyl (C=O) groups excluding carboxylic acids is 1. The highest BCUT2D eigenvalue weighted by atomic mass is 16.3. The molecule has 3 heteroatoms. The summed E-state index contributed by atoms with van der Waals surface area (Å²) in [5.74, 6) is -0.580. The molecule has 1 aromatic rings. The molecule has 0 aliphatic rings. The zero-order valence-electron chi connectivity index (χ0n) is 6.13. The highest BCUT2D eigenvalue weighted by Crippen LogP contribution is 2.16. The van der Waals surface area contributed by atoms with E-state index in [1.54, 1.807) is 6.92 Å². The molecule has 3 nitrogen and oxygen atoms in total. The molecule has 0 atom stereocenters. The molecular weight excluding hydrogens is 142 g/mol. The Labute approximate surface area is 64.5 Å². The maximum Gasteiger partial charge on any atom is 0.248 e. The number of rotatable bonds is 1. The van der Waals surface area contributed by atoms with Gasteiger partial charge in [-0.15, -0.1) is 0 Å². The van der Waals surface area contributed by atoms with Crippen molar-refractivity contribution in [1.82, 2.24) is 0 Å². The second-order valence-corrected chi connectivity index (χ2v) is 2.34. The third-order valence-corrected chi connectivity index (χ3v) is 1.46. The first-order valence-electron chi connectivity index (χ1n) is 3.18. The summed E-state index contributed by atoms with van der Waals surface area (Å²) in [5.41, 5.74) is 5.91. The lowest BCUT2D eigenvalue weighted by molar-refractivity contribution is 0.1000. The van der Waals surface area contributed by atoms with E-state index in [1.165, 1.54) is 18.2 Å². The van der Waals surface area contributed by atoms with Gasteiger partial charge in [0.15, 0.2) is 5.75 Å². The number of benzene rings is 1. The molecule has 57 valence electrons. The lowest BCUT2D eigenvalue weighted by atomic mass is 10.1. The van der Waals surface area contributed by atoms with Gasteiger partial charge in [0.2, 0.25) is 5.91 Å². The average Bonchev–Trinajstić information content (AvgIpc) is 1.94. The largest absolute Gasteiger partial charge is 0.366 e. The van der Waals surface area contributed by atoms with Crippen molar-refractivity contribution in [2.75, 3.05) is 0 Å². The van der Waals surface area contributed by atoms with Crippen molar-refractivity contribution < 1.29 is 9.90 Å². The summed E-state index contributed by atoms with van der Waals surface area (Å²) in [6.07, 6.45) is 0. The van der Waals surface area contributed by atoms with E-state index in [0.717, 1.165) is 0 Å². The highest BCUT2D eigenvalue weighted by molar-refractivity contribution is 5.93. The maximum absolute atomic E-state index is 10.8. The normalized spacial score (nSPS) is 9.55. The van der Waals surface area contributed by atoms with Crippen LogP contribution in [0, 0.1) is 6.92 Å². The Bertz CT molecular complexity index is 294. The molecule has 0 fully saturated rings. The van der Waals surface area contributed by atoms with E-state index in [0.29, 0.717) is 11.1 Å². The van der Waals surface area contributed by atoms with Crippen LogP contribution >= 0.6 is 0 Å². The molecule has 0 aliphatic heterocycles. The molecule has 0 bridgehead atoms. The lowest BCUT2D eigenvalue weighted by Gasteiger charge is -1.97. The fraction of sp³-hybridized carbons (Fsp3) is 0.125. The third-order valence-electron chi connectivity index (χ3n) is 1.46. The minimum atomic E-state index is -0.506. The quantitative estimate of drug-likeness (QED) is 0.643. The minimum Gasteiger partial charge on any atom is -0.366 e. The van der Waals surface area contributed by atoms with Crippen molar-refractivity contribution in [2.24, 2.45) is 5.73 Å². The van der Waals surface area contributed by atoms with Crippen LogP contribution in [0.4, 0.5) is 0 Å². The first kappa shape index (κ1) is 7.60. The van der Waals surface area contributed by atoms with Gasteiger partial charge in [0.05, 0.1) is 0 Å². The summed E-state index contributed by atoms with van der Waals surface area (Å²) in [6.45, 7) is 1.65. The summed E-state index contributed by atoms with van der Waals surface area (Å²) in [4.78, 5) is 10.6. The second kappa shape index (κ2) is 2.62. The number of aryl methyl sites for hydroxylation is 1. The Morgan fingerprint density at radius 3 is 2.55 bits per heavy atom. The van der Waals surface area contributed by atoms with Crippen LogP contribution < -0.4 is 5.73 Å². The molecule has 0 spiro atoms. The van der Waals surface area contributed by atoms with Gasteiger partial charge in [-0.25, -0.2) is 0 Å². The van der Waals surface area contributed by atoms with Crippen molar-refractivity contribution in [3.05, 3.63) is 29.3 Å². The van der Waals surface area contributed by atoms with Gasteiger partial charge in [-0.1, -0.05) is 0 Å². The zero-order valence-corrected chi connectivity index (χ0v) is 6.13. The fourth-order valence-corrected chi connectivity index (χ4v) is 0.803. The van der Waals surface area contributed by atoms with Crippen molar-refractivity contribution in [3.8, 4) is 5.75 Å². The van der Waals surface area contributed by atoms with Crippen LogP contribution in [0.25, 0.3) is 0 Å². The van der Waals surface area contributed by atoms with Crippen LogP contribution in [0.15, 0.2) is 18.2 Å². The molecule has 0 saturated heterocycles. The Morgan fingerprint density at radius 1 is 1.45 bits per heavy atom. The van der Waals surface area contributed by atoms with Gasteiger partial charge >= 0.3 is 0 Å². The Balaban J connectivity index is 3.15. The molecule has 1 aromatic carbocycles. The van der Waals surface area contributed by atoms with Gasteiger partial charge in [-0.3, -0.25) is 9.90 Å². The summed E-state index contributed by atoms with van der Waals surface area (Å²) in [7, 11) is 0. The summed E-state index contributed by atoms with van der Waals surface area (Å²) in [5, 5.41) is 10.8. The fourth-order valence-electron chi connectivity index (χ4n) is 0.803. The molecule has 2 N–H and O–H groups in total. The van der Waals surface area contributed by atoms with Gasteiger partial charge in [-0.05, 0) is 30.7 Å². The van der Waals surface area contributed by atoms with Crippen molar-refractivity contribution in [1.29, 1.82) is 0 Å². The van der Waals surface area contributed by atoms with Crippen LogP contribution in [-0.2, 0) is 5.11 Å². The number of carbonyl (C=O) groups is 1. The van der Waals surface area contributed by atoms with E-state index < -0.39 is 5.91 Å². The van der Waals surface area contributed by atoms with Crippen LogP contribution in [0.2, 0.25) is 0 Å². The van der Waals surface area contributed by atoms with Crippen LogP contribution in [0.3, 0.4) is 0 Å². The van der Waals surface area contributed by atoms with Crippen molar-refractivity contribution in [3.63, 3.8) is 0 Å². The first-order valence-corrected chi connectivity index (χ1v) is 3.18. The van der Waals surface area contributed by atoms with Gasteiger partial charge < -0.3 is 5.73 Å². The van der Waals surface area contributed by atoms with E-state index >= 15 is 0 Å². The summed E-state index contributed by atoms with van der Waals surface area (Å²) >= 11 is 0. The van der Waals surface area contributed by atoms with Crippen molar-refractivity contribution >= 4 is 5.91 Å². The van der Waals surface area contributed by atoms with Crippen LogP contribution in [-0.4, -0.2) is 5.91 Å². The SMILES string of the molecule is Cc1cc(C(N)=O)ccc1[O]. The Hall–Kier alpha value is -1.51. The molecule has 0 aromatic heterocycles. The number of primary amides is 1. The average molecular weight is 150 g/mol. The number of amides is 1. The predicted molar refractivity (Wildman–Crippen MR) is 39.8 cm³/mol. The van der Waals surface area contributed by atoms with E-state index in [-0.39, 0.29) is 5.75 Å². The monoisotopic (exact) mass is 150 g/mol. The standard InChI is InChI=1S/C8H8NO2/c1-5-4-6(8(9)11)2-3-7(5)10/h2-4H,1H3,(H2,9,11). The number of hydrogen-bond donors (Lipinski definition) is 1. The molecule has 11 heavy (non-hydrogen) atoms. The second-order valence-electron chi connectivity index (χ2n) is 2.34. The molecule has 0 saturated carbocycles. The number of nitrogens with two attached hydrogens (primary N) is 1. The molecule has 1 amide bonds. The lowest BCUT2D eigenvalue weighted by Crippen LogP contribution is -2.10. The molecule has 0 heterocycles. The van der Waals surface area contributed by atoms with E-state index in [2.05, 4.69) is 0 Å². The summed E-state index contributed by atoms with van der Waals surface area (Å²) < 4.78 is 0. The number of hydrogen-bond acceptors (Lipinski definition) is 1. The maximum atomic E-state index is 10.8. The van der Waals surface area contributed by atoms with Crippen molar-refractivity contribution in [2.45, 2.75) is 6.92 Å². The van der Waals surface area contributed by atoms with E-state index in [4.69, 9.17) is 5.73 Å². The third kappa shape index (κ3) is 1.49. The molecule has 1 radical (unpaired) electrons. The summed E-state index contributed by atoms with van der Waals surface area (Å²) in [6, 6.07) is 4.26. The van der Waals surface area contributed by atoms with E-state index in [1.807, 2.05) is 0 Å². The van der Waals surface area contributed by atoms with Gasteiger partial charge in [0, 0.05) is 5.56 Å². The van der Waals surface area contributed by atoms with Gasteiger partial charge in [0.1, 0.15) is 0 Å². The molecule has 1 rings (SSSR count). The van der Waals surface area contributed by atoms with E-state index in [9.17, 15) is 9.90 Å². The van der Waals surface area contributed by atoms with Gasteiger partial charge in [0.25, 0.3) is 0 Å². The Kier molecular flexibility index (Phi) is 1.81. The van der Waals surface area contributed by atoms with Crippen LogP contribution in [0.1, 0.15) is 15.9 Å². The predicted octanol–water partition coefficient (Wildman–Crippen LogP) is 1.24. The smallest absolute Gasteiger partial charge is 0.248 e. The van der Waals surface area contributed by atoms with Crippen LogP contribution in [0.5, 0.6) is 5.75 Å². The minimum absolute atomic E-state index is 0.0741. The van der Waals surface area contributed by atoms with Gasteiger partial charge in [-0.2, -0.15) is 0 Å². The first-order chi connectivity index (χ1) is 5.11. The highest BCUT2D eigenvalue weighted by Gasteiger charge is 2.02.